The average molecular weight is 282 g/mol. The molecule has 2 aromatic rings. The van der Waals surface area contributed by atoms with Crippen molar-refractivity contribution < 1.29 is 5.11 Å². The SMILES string of the molecule is CSCC(C)(O)CNc1nc(NN)cn2ccnc12. The van der Waals surface area contributed by atoms with Crippen molar-refractivity contribution >= 4 is 29.0 Å². The van der Waals surface area contributed by atoms with E-state index in [1.54, 1.807) is 31.1 Å². The topological polar surface area (TPSA) is 100 Å². The van der Waals surface area contributed by atoms with Crippen LogP contribution in [0.25, 0.3) is 5.65 Å². The fraction of sp³-hybridized carbons (Fsp3) is 0.455. The molecule has 8 heteroatoms. The van der Waals surface area contributed by atoms with E-state index < -0.39 is 5.60 Å². The third kappa shape index (κ3) is 3.28. The highest BCUT2D eigenvalue weighted by molar-refractivity contribution is 7.98. The van der Waals surface area contributed by atoms with Crippen molar-refractivity contribution in [1.29, 1.82) is 0 Å². The molecular formula is C11H18N6OS. The molecule has 0 saturated heterocycles. The van der Waals surface area contributed by atoms with Crippen molar-refractivity contribution in [3.8, 4) is 0 Å². The third-order valence-electron chi connectivity index (χ3n) is 2.61. The lowest BCUT2D eigenvalue weighted by Gasteiger charge is -2.23. The molecular weight excluding hydrogens is 264 g/mol. The maximum Gasteiger partial charge on any atom is 0.180 e. The molecule has 0 spiro atoms. The van der Waals surface area contributed by atoms with E-state index in [9.17, 15) is 5.11 Å². The summed E-state index contributed by atoms with van der Waals surface area (Å²) >= 11 is 1.59. The summed E-state index contributed by atoms with van der Waals surface area (Å²) in [5, 5.41) is 13.3. The van der Waals surface area contributed by atoms with Gasteiger partial charge in [-0.1, -0.05) is 0 Å². The monoisotopic (exact) mass is 282 g/mol. The number of nitrogens with one attached hydrogen (secondary N) is 2. The van der Waals surface area contributed by atoms with E-state index in [1.807, 2.05) is 16.9 Å². The van der Waals surface area contributed by atoms with Crippen LogP contribution < -0.4 is 16.6 Å². The minimum absolute atomic E-state index is 0.386. The van der Waals surface area contributed by atoms with E-state index in [1.165, 1.54) is 0 Å². The fourth-order valence-corrected chi connectivity index (χ4v) is 2.48. The Morgan fingerprint density at radius 1 is 1.58 bits per heavy atom. The van der Waals surface area contributed by atoms with Crippen molar-refractivity contribution in [1.82, 2.24) is 14.4 Å². The minimum Gasteiger partial charge on any atom is -0.387 e. The van der Waals surface area contributed by atoms with E-state index in [4.69, 9.17) is 5.84 Å². The van der Waals surface area contributed by atoms with Gasteiger partial charge in [0.25, 0.3) is 0 Å². The number of anilines is 2. The van der Waals surface area contributed by atoms with Crippen LogP contribution in [0.15, 0.2) is 18.6 Å². The molecule has 0 aliphatic rings. The van der Waals surface area contributed by atoms with E-state index in [-0.39, 0.29) is 0 Å². The second kappa shape index (κ2) is 5.64. The van der Waals surface area contributed by atoms with Gasteiger partial charge in [0.15, 0.2) is 17.3 Å². The van der Waals surface area contributed by atoms with Gasteiger partial charge in [-0.15, -0.1) is 0 Å². The lowest BCUT2D eigenvalue weighted by molar-refractivity contribution is 0.0996. The highest BCUT2D eigenvalue weighted by atomic mass is 32.2. The number of imidazole rings is 1. The largest absolute Gasteiger partial charge is 0.387 e. The quantitative estimate of drug-likeness (QED) is 0.453. The lowest BCUT2D eigenvalue weighted by Crippen LogP contribution is -2.36. The molecule has 0 saturated carbocycles. The van der Waals surface area contributed by atoms with Crippen LogP contribution in [0, 0.1) is 0 Å². The van der Waals surface area contributed by atoms with Gasteiger partial charge >= 0.3 is 0 Å². The number of hydrazine groups is 1. The predicted octanol–water partition coefficient (Wildman–Crippen LogP) is 0.541. The smallest absolute Gasteiger partial charge is 0.180 e. The maximum absolute atomic E-state index is 10.1. The van der Waals surface area contributed by atoms with Crippen LogP contribution >= 0.6 is 11.8 Å². The minimum atomic E-state index is -0.809. The van der Waals surface area contributed by atoms with E-state index >= 15 is 0 Å². The molecule has 0 bridgehead atoms. The molecule has 5 N–H and O–H groups in total. The van der Waals surface area contributed by atoms with Crippen molar-refractivity contribution in [3.63, 3.8) is 0 Å². The molecule has 104 valence electrons. The zero-order valence-electron chi connectivity index (χ0n) is 10.9. The van der Waals surface area contributed by atoms with Crippen LogP contribution in [0.4, 0.5) is 11.6 Å². The first-order chi connectivity index (χ1) is 9.05. The van der Waals surface area contributed by atoms with Crippen molar-refractivity contribution in [2.45, 2.75) is 12.5 Å². The van der Waals surface area contributed by atoms with Crippen LogP contribution in [0.1, 0.15) is 6.92 Å². The number of nitrogens with two attached hydrogens (primary N) is 1. The van der Waals surface area contributed by atoms with Gasteiger partial charge in [-0.25, -0.2) is 15.8 Å². The Kier molecular flexibility index (Phi) is 4.13. The fourth-order valence-electron chi connectivity index (χ4n) is 1.76. The van der Waals surface area contributed by atoms with Crippen LogP contribution in [0.5, 0.6) is 0 Å². The van der Waals surface area contributed by atoms with E-state index in [0.717, 1.165) is 0 Å². The molecule has 0 fully saturated rings. The Labute approximate surface area is 115 Å². The summed E-state index contributed by atoms with van der Waals surface area (Å²) in [6.45, 7) is 2.17. The van der Waals surface area contributed by atoms with Gasteiger partial charge in [0.2, 0.25) is 0 Å². The van der Waals surface area contributed by atoms with Gasteiger partial charge in [0, 0.05) is 24.7 Å². The summed E-state index contributed by atoms with van der Waals surface area (Å²) in [6, 6.07) is 0. The molecule has 2 rings (SSSR count). The van der Waals surface area contributed by atoms with Gasteiger partial charge in [-0.3, -0.25) is 0 Å². The average Bonchev–Trinajstić information content (AvgIpc) is 2.83. The summed E-state index contributed by atoms with van der Waals surface area (Å²) in [5.74, 6) is 7.13. The Hall–Kier alpha value is -1.51. The number of fused-ring (bicyclic) bond motifs is 1. The number of nitrogens with zero attached hydrogens (tertiary/aromatic N) is 3. The second-order valence-electron chi connectivity index (χ2n) is 4.56. The van der Waals surface area contributed by atoms with Crippen molar-refractivity contribution in [2.75, 3.05) is 29.3 Å². The van der Waals surface area contributed by atoms with Crippen molar-refractivity contribution in [2.24, 2.45) is 5.84 Å². The molecule has 1 unspecified atom stereocenters. The van der Waals surface area contributed by atoms with Crippen LogP contribution in [0.3, 0.4) is 0 Å². The van der Waals surface area contributed by atoms with Gasteiger partial charge in [0.05, 0.1) is 11.8 Å². The zero-order chi connectivity index (χ0) is 13.9. The number of aliphatic hydroxyl groups is 1. The summed E-state index contributed by atoms with van der Waals surface area (Å²) in [6.07, 6.45) is 7.19. The molecule has 0 amide bonds. The summed E-state index contributed by atoms with van der Waals surface area (Å²) in [4.78, 5) is 8.53. The number of nitrogen functional groups attached to an aromatic ring is 1. The molecule has 0 aliphatic heterocycles. The van der Waals surface area contributed by atoms with Crippen LogP contribution in [-0.4, -0.2) is 43.6 Å². The first-order valence-electron chi connectivity index (χ1n) is 5.81. The molecule has 0 aromatic carbocycles. The number of aromatic nitrogens is 3. The third-order valence-corrected chi connectivity index (χ3v) is 3.52. The Bertz CT molecular complexity index is 555. The molecule has 19 heavy (non-hydrogen) atoms. The molecule has 0 radical (unpaired) electrons. The second-order valence-corrected chi connectivity index (χ2v) is 5.43. The molecule has 1 atom stereocenters. The zero-order valence-corrected chi connectivity index (χ0v) is 11.7. The molecule has 2 heterocycles. The molecule has 2 aromatic heterocycles. The first-order valence-corrected chi connectivity index (χ1v) is 7.20. The summed E-state index contributed by atoms with van der Waals surface area (Å²) in [5.41, 5.74) is 2.39. The standard InChI is InChI=1S/C11H18N6OS/c1-11(18,7-19-2)6-14-9-10-13-3-4-17(10)5-8(15-9)16-12/h3-5,16,18H,6-7,12H2,1-2H3,(H,14,15). The Balaban J connectivity index is 2.22. The predicted molar refractivity (Wildman–Crippen MR) is 78.3 cm³/mol. The van der Waals surface area contributed by atoms with Gasteiger partial charge in [0.1, 0.15) is 0 Å². The molecule has 0 aliphatic carbocycles. The summed E-state index contributed by atoms with van der Waals surface area (Å²) in [7, 11) is 0. The first kappa shape index (κ1) is 13.9. The molecule has 7 nitrogen and oxygen atoms in total. The number of thioether (sulfide) groups is 1. The van der Waals surface area contributed by atoms with Crippen LogP contribution in [-0.2, 0) is 0 Å². The van der Waals surface area contributed by atoms with Crippen LogP contribution in [0.2, 0.25) is 0 Å². The highest BCUT2D eigenvalue weighted by Crippen LogP contribution is 2.18. The van der Waals surface area contributed by atoms with E-state index in [0.29, 0.717) is 29.6 Å². The normalized spacial score (nSPS) is 14.3. The summed E-state index contributed by atoms with van der Waals surface area (Å²) < 4.78 is 1.81. The van der Waals surface area contributed by atoms with Gasteiger partial charge < -0.3 is 20.2 Å². The Morgan fingerprint density at radius 2 is 2.37 bits per heavy atom. The highest BCUT2D eigenvalue weighted by Gasteiger charge is 2.20. The van der Waals surface area contributed by atoms with Crippen molar-refractivity contribution in [3.05, 3.63) is 18.6 Å². The number of hydrogen-bond acceptors (Lipinski definition) is 7. The van der Waals surface area contributed by atoms with Gasteiger partial charge in [-0.2, -0.15) is 11.8 Å². The number of rotatable bonds is 6. The van der Waals surface area contributed by atoms with E-state index in [2.05, 4.69) is 20.7 Å². The van der Waals surface area contributed by atoms with Gasteiger partial charge in [-0.05, 0) is 13.2 Å². The lowest BCUT2D eigenvalue weighted by atomic mass is 10.1. The number of hydrogen-bond donors (Lipinski definition) is 4. The Morgan fingerprint density at radius 3 is 3.05 bits per heavy atom. The maximum atomic E-state index is 10.1.